The topological polar surface area (TPSA) is 51.5 Å². The molecule has 1 aliphatic rings. The van der Waals surface area contributed by atoms with Gasteiger partial charge in [0.25, 0.3) is 5.91 Å². The minimum absolute atomic E-state index is 0.0702. The molecule has 3 rings (SSSR count). The highest BCUT2D eigenvalue weighted by molar-refractivity contribution is 5.93. The van der Waals surface area contributed by atoms with Crippen molar-refractivity contribution in [1.82, 2.24) is 5.32 Å². The van der Waals surface area contributed by atoms with E-state index in [0.717, 1.165) is 13.0 Å². The normalized spacial score (nSPS) is 21.8. The number of furan rings is 1. The predicted octanol–water partition coefficient (Wildman–Crippen LogP) is 2.79. The first-order chi connectivity index (χ1) is 9.84. The molecule has 1 aliphatic heterocycles. The van der Waals surface area contributed by atoms with Crippen LogP contribution in [0.3, 0.4) is 0 Å². The van der Waals surface area contributed by atoms with Gasteiger partial charge in [0.05, 0.1) is 17.9 Å². The third-order valence-corrected chi connectivity index (χ3v) is 3.65. The molecule has 0 aliphatic carbocycles. The number of carbonyl (C=O) groups is 1. The number of carbonyl (C=O) groups excluding carboxylic acids is 1. The van der Waals surface area contributed by atoms with Gasteiger partial charge < -0.3 is 14.5 Å². The molecule has 0 bridgehead atoms. The Hall–Kier alpha value is -2.07. The molecule has 2 heterocycles. The minimum atomic E-state index is -0.0996. The highest BCUT2D eigenvalue weighted by Crippen LogP contribution is 2.33. The van der Waals surface area contributed by atoms with Crippen molar-refractivity contribution in [2.45, 2.75) is 12.5 Å². The number of ether oxygens (including phenoxy) is 1. The Balaban J connectivity index is 1.61. The summed E-state index contributed by atoms with van der Waals surface area (Å²) in [5, 5.41) is 2.95. The number of benzene rings is 1. The van der Waals surface area contributed by atoms with Crippen molar-refractivity contribution in [1.29, 1.82) is 0 Å². The van der Waals surface area contributed by atoms with Crippen LogP contribution in [0.2, 0.25) is 0 Å². The van der Waals surface area contributed by atoms with E-state index in [1.807, 2.05) is 18.2 Å². The Morgan fingerprint density at radius 3 is 2.85 bits per heavy atom. The highest BCUT2D eigenvalue weighted by atomic mass is 16.5. The molecule has 0 radical (unpaired) electrons. The van der Waals surface area contributed by atoms with Gasteiger partial charge in [0, 0.05) is 19.1 Å². The van der Waals surface area contributed by atoms with Gasteiger partial charge in [-0.05, 0) is 18.1 Å². The Bertz CT molecular complexity index is 550. The third-order valence-electron chi connectivity index (χ3n) is 3.65. The molecule has 1 saturated heterocycles. The van der Waals surface area contributed by atoms with Crippen molar-refractivity contribution >= 4 is 5.91 Å². The van der Waals surface area contributed by atoms with Gasteiger partial charge in [-0.15, -0.1) is 0 Å². The van der Waals surface area contributed by atoms with Crippen LogP contribution < -0.4 is 5.32 Å². The summed E-state index contributed by atoms with van der Waals surface area (Å²) in [6.45, 7) is 1.36. The quantitative estimate of drug-likeness (QED) is 0.930. The average molecular weight is 271 g/mol. The predicted molar refractivity (Wildman–Crippen MR) is 74.3 cm³/mol. The molecule has 2 atom stereocenters. The fraction of sp³-hybridized carbons (Fsp3) is 0.312. The standard InChI is InChI=1S/C16H17NO3/c18-16(14-6-8-19-11-14)17-10-13-7-9-20-15(13)12-4-2-1-3-5-12/h1-6,8,11,13,15H,7,9-10H2,(H,17,18)/t13-,15-/m0/s1. The number of hydrogen-bond donors (Lipinski definition) is 1. The van der Waals surface area contributed by atoms with E-state index in [1.54, 1.807) is 6.07 Å². The fourth-order valence-corrected chi connectivity index (χ4v) is 2.57. The summed E-state index contributed by atoms with van der Waals surface area (Å²) in [6.07, 6.45) is 3.99. The van der Waals surface area contributed by atoms with Crippen LogP contribution in [0.15, 0.2) is 53.3 Å². The van der Waals surface area contributed by atoms with E-state index in [-0.39, 0.29) is 12.0 Å². The van der Waals surface area contributed by atoms with Crippen LogP contribution in [0.1, 0.15) is 28.4 Å². The third kappa shape index (κ3) is 2.75. The van der Waals surface area contributed by atoms with Crippen LogP contribution in [-0.2, 0) is 4.74 Å². The molecule has 1 amide bonds. The van der Waals surface area contributed by atoms with Crippen molar-refractivity contribution in [2.24, 2.45) is 5.92 Å². The molecule has 20 heavy (non-hydrogen) atoms. The summed E-state index contributed by atoms with van der Waals surface area (Å²) in [5.74, 6) is 0.214. The molecule has 0 unspecified atom stereocenters. The lowest BCUT2D eigenvalue weighted by molar-refractivity contribution is 0.0846. The second-order valence-electron chi connectivity index (χ2n) is 4.97. The highest BCUT2D eigenvalue weighted by Gasteiger charge is 2.29. The molecule has 1 fully saturated rings. The van der Waals surface area contributed by atoms with E-state index in [9.17, 15) is 4.79 Å². The van der Waals surface area contributed by atoms with Gasteiger partial charge >= 0.3 is 0 Å². The van der Waals surface area contributed by atoms with Crippen LogP contribution in [0.4, 0.5) is 0 Å². The zero-order valence-electron chi connectivity index (χ0n) is 11.1. The minimum Gasteiger partial charge on any atom is -0.472 e. The molecular formula is C16H17NO3. The molecular weight excluding hydrogens is 254 g/mol. The number of rotatable bonds is 4. The Labute approximate surface area is 117 Å². The Kier molecular flexibility index (Phi) is 3.83. The average Bonchev–Trinajstić information content (AvgIpc) is 3.17. The molecule has 1 aromatic carbocycles. The summed E-state index contributed by atoms with van der Waals surface area (Å²) >= 11 is 0. The summed E-state index contributed by atoms with van der Waals surface area (Å²) in [6, 6.07) is 11.8. The monoisotopic (exact) mass is 271 g/mol. The summed E-state index contributed by atoms with van der Waals surface area (Å²) in [7, 11) is 0. The molecule has 4 nitrogen and oxygen atoms in total. The van der Waals surface area contributed by atoms with Crippen LogP contribution in [0, 0.1) is 5.92 Å². The molecule has 104 valence electrons. The smallest absolute Gasteiger partial charge is 0.254 e. The molecule has 0 saturated carbocycles. The van der Waals surface area contributed by atoms with Crippen molar-refractivity contribution in [3.63, 3.8) is 0 Å². The first-order valence-corrected chi connectivity index (χ1v) is 6.81. The van der Waals surface area contributed by atoms with E-state index in [2.05, 4.69) is 17.4 Å². The van der Waals surface area contributed by atoms with Gasteiger partial charge in [0.2, 0.25) is 0 Å². The van der Waals surface area contributed by atoms with Crippen molar-refractivity contribution < 1.29 is 13.9 Å². The second-order valence-corrected chi connectivity index (χ2v) is 4.97. The van der Waals surface area contributed by atoms with E-state index < -0.39 is 0 Å². The zero-order chi connectivity index (χ0) is 13.8. The van der Waals surface area contributed by atoms with Gasteiger partial charge in [-0.3, -0.25) is 4.79 Å². The maximum atomic E-state index is 11.9. The molecule has 0 spiro atoms. The van der Waals surface area contributed by atoms with E-state index >= 15 is 0 Å². The number of hydrogen-bond acceptors (Lipinski definition) is 3. The molecule has 2 aromatic rings. The lowest BCUT2D eigenvalue weighted by Crippen LogP contribution is -2.30. The van der Waals surface area contributed by atoms with Gasteiger partial charge in [0.15, 0.2) is 0 Å². The number of amides is 1. The second kappa shape index (κ2) is 5.92. The molecule has 4 heteroatoms. The van der Waals surface area contributed by atoms with Crippen LogP contribution in [0.25, 0.3) is 0 Å². The van der Waals surface area contributed by atoms with E-state index in [4.69, 9.17) is 9.15 Å². The Morgan fingerprint density at radius 1 is 1.25 bits per heavy atom. The van der Waals surface area contributed by atoms with Gasteiger partial charge in [-0.2, -0.15) is 0 Å². The Morgan fingerprint density at radius 2 is 2.10 bits per heavy atom. The lowest BCUT2D eigenvalue weighted by atomic mass is 9.95. The zero-order valence-corrected chi connectivity index (χ0v) is 11.1. The largest absolute Gasteiger partial charge is 0.472 e. The van der Waals surface area contributed by atoms with Crippen LogP contribution in [0.5, 0.6) is 0 Å². The fourth-order valence-electron chi connectivity index (χ4n) is 2.57. The van der Waals surface area contributed by atoms with Gasteiger partial charge in [-0.25, -0.2) is 0 Å². The number of nitrogens with one attached hydrogen (secondary N) is 1. The summed E-state index contributed by atoms with van der Waals surface area (Å²) in [5.41, 5.74) is 1.73. The van der Waals surface area contributed by atoms with E-state index in [0.29, 0.717) is 18.0 Å². The van der Waals surface area contributed by atoms with Crippen molar-refractivity contribution in [3.05, 3.63) is 60.1 Å². The lowest BCUT2D eigenvalue weighted by Gasteiger charge is -2.19. The van der Waals surface area contributed by atoms with Crippen LogP contribution in [-0.4, -0.2) is 19.1 Å². The molecule has 1 N–H and O–H groups in total. The van der Waals surface area contributed by atoms with Crippen molar-refractivity contribution in [2.75, 3.05) is 13.2 Å². The SMILES string of the molecule is O=C(NC[C@@H]1CCO[C@H]1c1ccccc1)c1ccoc1. The van der Waals surface area contributed by atoms with Gasteiger partial charge in [-0.1, -0.05) is 30.3 Å². The van der Waals surface area contributed by atoms with E-state index in [1.165, 1.54) is 18.1 Å². The first kappa shape index (κ1) is 12.9. The summed E-state index contributed by atoms with van der Waals surface area (Å²) < 4.78 is 10.7. The van der Waals surface area contributed by atoms with Crippen molar-refractivity contribution in [3.8, 4) is 0 Å². The summed E-state index contributed by atoms with van der Waals surface area (Å²) in [4.78, 5) is 11.9. The maximum Gasteiger partial charge on any atom is 0.254 e. The first-order valence-electron chi connectivity index (χ1n) is 6.81. The molecule has 1 aromatic heterocycles. The van der Waals surface area contributed by atoms with Crippen LogP contribution >= 0.6 is 0 Å². The van der Waals surface area contributed by atoms with Gasteiger partial charge in [0.1, 0.15) is 6.26 Å². The maximum absolute atomic E-state index is 11.9.